The van der Waals surface area contributed by atoms with Crippen molar-refractivity contribution in [3.63, 3.8) is 0 Å². The number of rotatable bonds is 2. The van der Waals surface area contributed by atoms with Crippen molar-refractivity contribution >= 4 is 11.8 Å². The van der Waals surface area contributed by atoms with Gasteiger partial charge in [-0.2, -0.15) is 0 Å². The Bertz CT molecular complexity index is 408. The van der Waals surface area contributed by atoms with Gasteiger partial charge < -0.3 is 10.0 Å². The van der Waals surface area contributed by atoms with Crippen molar-refractivity contribution in [2.45, 2.75) is 13.8 Å². The van der Waals surface area contributed by atoms with E-state index in [1.165, 1.54) is 0 Å². The maximum Gasteiger partial charge on any atom is 0.308 e. The van der Waals surface area contributed by atoms with Crippen molar-refractivity contribution in [2.75, 3.05) is 18.0 Å². The summed E-state index contributed by atoms with van der Waals surface area (Å²) in [6, 6.07) is 1.82. The van der Waals surface area contributed by atoms with Crippen LogP contribution in [-0.2, 0) is 4.79 Å². The first kappa shape index (κ1) is 10.9. The molecular formula is C11H15N3O2. The lowest BCUT2D eigenvalue weighted by atomic mass is 9.99. The van der Waals surface area contributed by atoms with E-state index < -0.39 is 5.97 Å². The lowest BCUT2D eigenvalue weighted by Gasteiger charge is -2.16. The zero-order chi connectivity index (χ0) is 11.7. The Morgan fingerprint density at radius 2 is 2.31 bits per heavy atom. The maximum absolute atomic E-state index is 11.0. The predicted molar refractivity (Wildman–Crippen MR) is 59.3 cm³/mol. The van der Waals surface area contributed by atoms with E-state index in [0.717, 1.165) is 12.4 Å². The van der Waals surface area contributed by atoms with Crippen LogP contribution in [0.25, 0.3) is 0 Å². The average Bonchev–Trinajstić information content (AvgIpc) is 2.60. The minimum absolute atomic E-state index is 0.160. The summed E-state index contributed by atoms with van der Waals surface area (Å²) in [6.45, 7) is 5.07. The molecule has 5 nitrogen and oxygen atoms in total. The third kappa shape index (κ3) is 1.98. The van der Waals surface area contributed by atoms with Gasteiger partial charge in [0.05, 0.1) is 5.92 Å². The van der Waals surface area contributed by atoms with Crippen LogP contribution in [0.1, 0.15) is 12.7 Å². The fourth-order valence-corrected chi connectivity index (χ4v) is 2.10. The smallest absolute Gasteiger partial charge is 0.308 e. The number of anilines is 1. The largest absolute Gasteiger partial charge is 0.481 e. The molecule has 2 heterocycles. The van der Waals surface area contributed by atoms with Gasteiger partial charge in [0.15, 0.2) is 0 Å². The molecule has 1 aliphatic heterocycles. The first-order chi connectivity index (χ1) is 7.58. The van der Waals surface area contributed by atoms with Crippen LogP contribution in [0.15, 0.2) is 12.3 Å². The molecule has 0 bridgehead atoms. The van der Waals surface area contributed by atoms with E-state index in [0.29, 0.717) is 12.4 Å². The van der Waals surface area contributed by atoms with Crippen molar-refractivity contribution < 1.29 is 9.90 Å². The zero-order valence-corrected chi connectivity index (χ0v) is 9.42. The molecule has 2 unspecified atom stereocenters. The molecule has 1 aromatic heterocycles. The Morgan fingerprint density at radius 1 is 1.56 bits per heavy atom. The van der Waals surface area contributed by atoms with Gasteiger partial charge in [0, 0.05) is 19.3 Å². The van der Waals surface area contributed by atoms with Crippen LogP contribution in [0.4, 0.5) is 5.82 Å². The second-order valence-electron chi connectivity index (χ2n) is 4.29. The van der Waals surface area contributed by atoms with E-state index >= 15 is 0 Å². The highest BCUT2D eigenvalue weighted by atomic mass is 16.4. The summed E-state index contributed by atoms with van der Waals surface area (Å²) in [7, 11) is 0. The maximum atomic E-state index is 11.0. The number of hydrogen-bond donors (Lipinski definition) is 1. The van der Waals surface area contributed by atoms with Crippen LogP contribution in [0, 0.1) is 18.8 Å². The molecule has 16 heavy (non-hydrogen) atoms. The Hall–Kier alpha value is -1.65. The Labute approximate surface area is 94.1 Å². The molecule has 0 amide bonds. The van der Waals surface area contributed by atoms with Crippen molar-refractivity contribution in [1.82, 2.24) is 9.97 Å². The summed E-state index contributed by atoms with van der Waals surface area (Å²) in [6.07, 6.45) is 1.70. The average molecular weight is 221 g/mol. The summed E-state index contributed by atoms with van der Waals surface area (Å²) >= 11 is 0. The van der Waals surface area contributed by atoms with Crippen LogP contribution in [0.5, 0.6) is 0 Å². The van der Waals surface area contributed by atoms with E-state index in [2.05, 4.69) is 9.97 Å². The number of nitrogens with zero attached hydrogens (tertiary/aromatic N) is 3. The zero-order valence-electron chi connectivity index (χ0n) is 9.42. The van der Waals surface area contributed by atoms with Crippen molar-refractivity contribution in [3.8, 4) is 0 Å². The number of carboxylic acid groups (broad SMARTS) is 1. The molecule has 2 rings (SSSR count). The fraction of sp³-hybridized carbons (Fsp3) is 0.545. The Balaban J connectivity index is 2.16. The van der Waals surface area contributed by atoms with Crippen molar-refractivity contribution in [1.29, 1.82) is 0 Å². The Morgan fingerprint density at radius 3 is 2.88 bits per heavy atom. The molecule has 2 atom stereocenters. The van der Waals surface area contributed by atoms with Crippen LogP contribution >= 0.6 is 0 Å². The molecule has 0 aliphatic carbocycles. The van der Waals surface area contributed by atoms with Gasteiger partial charge in [0.1, 0.15) is 11.6 Å². The molecular weight excluding hydrogens is 206 g/mol. The van der Waals surface area contributed by atoms with Crippen LogP contribution in [0.2, 0.25) is 0 Å². The minimum atomic E-state index is -0.722. The highest BCUT2D eigenvalue weighted by Gasteiger charge is 2.35. The van der Waals surface area contributed by atoms with Gasteiger partial charge in [-0.05, 0) is 18.9 Å². The molecule has 0 spiro atoms. The molecule has 86 valence electrons. The third-order valence-corrected chi connectivity index (χ3v) is 3.01. The number of carboxylic acids is 1. The van der Waals surface area contributed by atoms with Gasteiger partial charge in [-0.25, -0.2) is 9.97 Å². The van der Waals surface area contributed by atoms with Gasteiger partial charge in [-0.1, -0.05) is 6.92 Å². The van der Waals surface area contributed by atoms with Gasteiger partial charge in [0.25, 0.3) is 0 Å². The first-order valence-corrected chi connectivity index (χ1v) is 5.35. The van der Waals surface area contributed by atoms with Gasteiger partial charge in [-0.3, -0.25) is 4.79 Å². The van der Waals surface area contributed by atoms with E-state index in [1.807, 2.05) is 24.8 Å². The SMILES string of the molecule is Cc1nccc(N2CC(C)C(C(=O)O)C2)n1. The van der Waals surface area contributed by atoms with E-state index in [9.17, 15) is 4.79 Å². The molecule has 1 fully saturated rings. The van der Waals surface area contributed by atoms with Gasteiger partial charge in [-0.15, -0.1) is 0 Å². The summed E-state index contributed by atoms with van der Waals surface area (Å²) in [4.78, 5) is 21.3. The van der Waals surface area contributed by atoms with Crippen LogP contribution in [0.3, 0.4) is 0 Å². The number of aryl methyl sites for hydroxylation is 1. The highest BCUT2D eigenvalue weighted by Crippen LogP contribution is 2.26. The quantitative estimate of drug-likeness (QED) is 0.805. The van der Waals surface area contributed by atoms with E-state index in [-0.39, 0.29) is 11.8 Å². The van der Waals surface area contributed by atoms with Gasteiger partial charge >= 0.3 is 5.97 Å². The molecule has 1 aromatic rings. The van der Waals surface area contributed by atoms with E-state index in [4.69, 9.17) is 5.11 Å². The third-order valence-electron chi connectivity index (χ3n) is 3.01. The topological polar surface area (TPSA) is 66.3 Å². The first-order valence-electron chi connectivity index (χ1n) is 5.35. The number of carbonyl (C=O) groups is 1. The fourth-order valence-electron chi connectivity index (χ4n) is 2.10. The molecule has 1 aliphatic rings. The van der Waals surface area contributed by atoms with Gasteiger partial charge in [0.2, 0.25) is 0 Å². The second-order valence-corrected chi connectivity index (χ2v) is 4.29. The lowest BCUT2D eigenvalue weighted by Crippen LogP contribution is -2.23. The summed E-state index contributed by atoms with van der Waals surface area (Å²) in [5.41, 5.74) is 0. The Kier molecular flexibility index (Phi) is 2.77. The molecule has 0 saturated carbocycles. The van der Waals surface area contributed by atoms with Crippen LogP contribution in [-0.4, -0.2) is 34.1 Å². The summed E-state index contributed by atoms with van der Waals surface area (Å²) < 4.78 is 0. The van der Waals surface area contributed by atoms with Crippen LogP contribution < -0.4 is 4.90 Å². The van der Waals surface area contributed by atoms with Crippen molar-refractivity contribution in [3.05, 3.63) is 18.1 Å². The molecule has 0 aromatic carbocycles. The number of hydrogen-bond acceptors (Lipinski definition) is 4. The lowest BCUT2D eigenvalue weighted by molar-refractivity contribution is -0.142. The number of aliphatic carboxylic acids is 1. The normalized spacial score (nSPS) is 24.8. The monoisotopic (exact) mass is 221 g/mol. The minimum Gasteiger partial charge on any atom is -0.481 e. The number of aromatic nitrogens is 2. The van der Waals surface area contributed by atoms with E-state index in [1.54, 1.807) is 6.20 Å². The predicted octanol–water partition coefficient (Wildman–Crippen LogP) is 0.942. The van der Waals surface area contributed by atoms with Crippen molar-refractivity contribution in [2.24, 2.45) is 11.8 Å². The highest BCUT2D eigenvalue weighted by molar-refractivity contribution is 5.72. The summed E-state index contributed by atoms with van der Waals surface area (Å²) in [5, 5.41) is 9.04. The second kappa shape index (κ2) is 4.08. The molecule has 5 heteroatoms. The summed E-state index contributed by atoms with van der Waals surface area (Å²) in [5.74, 6) is 0.677. The molecule has 1 N–H and O–H groups in total. The molecule has 1 saturated heterocycles. The molecule has 0 radical (unpaired) electrons. The standard InChI is InChI=1S/C11H15N3O2/c1-7-5-14(6-9(7)11(15)16)10-3-4-12-8(2)13-10/h3-4,7,9H,5-6H2,1-2H3,(H,15,16).